The highest BCUT2D eigenvalue weighted by Crippen LogP contribution is 2.24. The number of anilines is 1. The van der Waals surface area contributed by atoms with E-state index in [9.17, 15) is 9.18 Å². The molecule has 23 heavy (non-hydrogen) atoms. The number of carbonyl (C=O) groups is 1. The lowest BCUT2D eigenvalue weighted by molar-refractivity contribution is -0.117. The predicted molar refractivity (Wildman–Crippen MR) is 88.4 cm³/mol. The largest absolute Gasteiger partial charge is 0.324 e. The van der Waals surface area contributed by atoms with E-state index in [4.69, 9.17) is 0 Å². The lowest BCUT2D eigenvalue weighted by Crippen LogP contribution is -2.39. The van der Waals surface area contributed by atoms with Crippen LogP contribution >= 0.6 is 0 Å². The molecule has 1 aliphatic heterocycles. The molecule has 0 aliphatic carbocycles. The molecule has 3 rings (SSSR count). The number of aryl methyl sites for hydroxylation is 2. The van der Waals surface area contributed by atoms with E-state index in [1.807, 2.05) is 32.0 Å². The van der Waals surface area contributed by atoms with Gasteiger partial charge in [0.15, 0.2) is 0 Å². The minimum atomic E-state index is -0.328. The van der Waals surface area contributed by atoms with Crippen molar-refractivity contribution in [1.82, 2.24) is 10.9 Å². The molecule has 0 aromatic heterocycles. The van der Waals surface area contributed by atoms with Crippen molar-refractivity contribution in [3.05, 3.63) is 65.0 Å². The zero-order valence-corrected chi connectivity index (χ0v) is 13.2. The van der Waals surface area contributed by atoms with E-state index in [1.54, 1.807) is 12.1 Å². The number of carbonyl (C=O) groups excluding carboxylic acids is 1. The van der Waals surface area contributed by atoms with Crippen molar-refractivity contribution >= 4 is 11.6 Å². The fourth-order valence-electron chi connectivity index (χ4n) is 2.82. The molecule has 1 saturated heterocycles. The van der Waals surface area contributed by atoms with Crippen molar-refractivity contribution in [3.8, 4) is 0 Å². The fraction of sp³-hybridized carbons (Fsp3) is 0.278. The molecule has 1 aliphatic rings. The Morgan fingerprint density at radius 3 is 2.57 bits per heavy atom. The zero-order chi connectivity index (χ0) is 16.4. The smallest absolute Gasteiger partial charge is 0.242 e. The van der Waals surface area contributed by atoms with Gasteiger partial charge in [0.05, 0.1) is 0 Å². The highest BCUT2D eigenvalue weighted by atomic mass is 19.1. The molecule has 0 radical (unpaired) electrons. The van der Waals surface area contributed by atoms with E-state index in [0.717, 1.165) is 22.4 Å². The van der Waals surface area contributed by atoms with Crippen molar-refractivity contribution in [1.29, 1.82) is 0 Å². The second-order valence-electron chi connectivity index (χ2n) is 5.99. The second-order valence-corrected chi connectivity index (χ2v) is 5.99. The second kappa shape index (κ2) is 6.48. The van der Waals surface area contributed by atoms with Gasteiger partial charge in [-0.25, -0.2) is 15.2 Å². The van der Waals surface area contributed by atoms with Crippen LogP contribution < -0.4 is 16.2 Å². The number of nitrogens with one attached hydrogen (secondary N) is 3. The topological polar surface area (TPSA) is 53.2 Å². The first kappa shape index (κ1) is 15.6. The van der Waals surface area contributed by atoms with Crippen LogP contribution in [-0.2, 0) is 4.79 Å². The van der Waals surface area contributed by atoms with E-state index in [1.165, 1.54) is 12.1 Å². The first-order chi connectivity index (χ1) is 11.0. The maximum Gasteiger partial charge on any atom is 0.242 e. The van der Waals surface area contributed by atoms with Gasteiger partial charge in [0.2, 0.25) is 5.91 Å². The van der Waals surface area contributed by atoms with Crippen LogP contribution in [-0.4, -0.2) is 11.9 Å². The molecular formula is C18H20FN3O. The van der Waals surface area contributed by atoms with Crippen LogP contribution in [0.4, 0.5) is 10.1 Å². The molecule has 5 heteroatoms. The Hall–Kier alpha value is -2.24. The SMILES string of the molecule is Cc1ccc(NC(=O)C2CC(c3ccc(F)cc3)NN2)c(C)c1. The number of rotatable bonds is 3. The third-order valence-electron chi connectivity index (χ3n) is 4.13. The van der Waals surface area contributed by atoms with Gasteiger partial charge in [-0.3, -0.25) is 4.79 Å². The quantitative estimate of drug-likeness (QED) is 0.816. The number of hydrogen-bond donors (Lipinski definition) is 3. The maximum atomic E-state index is 13.0. The molecule has 1 amide bonds. The molecule has 2 atom stereocenters. The molecule has 1 fully saturated rings. The number of hydrogen-bond acceptors (Lipinski definition) is 3. The van der Waals surface area contributed by atoms with Crippen LogP contribution in [0.2, 0.25) is 0 Å². The van der Waals surface area contributed by atoms with E-state index >= 15 is 0 Å². The predicted octanol–water partition coefficient (Wildman–Crippen LogP) is 2.99. The molecule has 4 nitrogen and oxygen atoms in total. The molecule has 1 heterocycles. The third kappa shape index (κ3) is 3.57. The molecular weight excluding hydrogens is 293 g/mol. The molecule has 0 bridgehead atoms. The Bertz CT molecular complexity index is 715. The van der Waals surface area contributed by atoms with Crippen LogP contribution in [0.5, 0.6) is 0 Å². The highest BCUT2D eigenvalue weighted by molar-refractivity contribution is 5.95. The van der Waals surface area contributed by atoms with Crippen LogP contribution in [0, 0.1) is 19.7 Å². The standard InChI is InChI=1S/C18H20FN3O/c1-11-3-8-15(12(2)9-11)20-18(23)17-10-16(21-22-17)13-4-6-14(19)7-5-13/h3-9,16-17,21-22H,10H2,1-2H3,(H,20,23). The summed E-state index contributed by atoms with van der Waals surface area (Å²) in [6.45, 7) is 4.00. The van der Waals surface area contributed by atoms with Crippen LogP contribution in [0.25, 0.3) is 0 Å². The highest BCUT2D eigenvalue weighted by Gasteiger charge is 2.30. The molecule has 2 unspecified atom stereocenters. The fourth-order valence-corrected chi connectivity index (χ4v) is 2.82. The maximum absolute atomic E-state index is 13.0. The van der Waals surface area contributed by atoms with Crippen LogP contribution in [0.1, 0.15) is 29.2 Å². The number of halogens is 1. The summed E-state index contributed by atoms with van der Waals surface area (Å²) in [7, 11) is 0. The first-order valence-corrected chi connectivity index (χ1v) is 7.67. The summed E-state index contributed by atoms with van der Waals surface area (Å²) in [6, 6.07) is 11.9. The van der Waals surface area contributed by atoms with Gasteiger partial charge in [-0.1, -0.05) is 29.8 Å². The average Bonchev–Trinajstić information content (AvgIpc) is 3.01. The minimum Gasteiger partial charge on any atom is -0.324 e. The molecule has 2 aromatic rings. The normalized spacial score (nSPS) is 20.5. The zero-order valence-electron chi connectivity index (χ0n) is 13.2. The minimum absolute atomic E-state index is 0.00883. The van der Waals surface area contributed by atoms with Gasteiger partial charge in [-0.05, 0) is 49.6 Å². The van der Waals surface area contributed by atoms with Gasteiger partial charge in [0.1, 0.15) is 11.9 Å². The van der Waals surface area contributed by atoms with Gasteiger partial charge in [0.25, 0.3) is 0 Å². The Morgan fingerprint density at radius 1 is 1.13 bits per heavy atom. The Labute approximate surface area is 135 Å². The molecule has 3 N–H and O–H groups in total. The lowest BCUT2D eigenvalue weighted by Gasteiger charge is -2.13. The molecule has 120 valence electrons. The number of benzene rings is 2. The van der Waals surface area contributed by atoms with Crippen molar-refractivity contribution in [2.24, 2.45) is 0 Å². The van der Waals surface area contributed by atoms with Crippen molar-refractivity contribution in [2.45, 2.75) is 32.4 Å². The monoisotopic (exact) mass is 313 g/mol. The average molecular weight is 313 g/mol. The number of hydrazine groups is 1. The summed E-state index contributed by atoms with van der Waals surface area (Å²) in [6.07, 6.45) is 0.613. The van der Waals surface area contributed by atoms with Crippen LogP contribution in [0.15, 0.2) is 42.5 Å². The van der Waals surface area contributed by atoms with E-state index in [2.05, 4.69) is 16.2 Å². The summed E-state index contributed by atoms with van der Waals surface area (Å²) in [4.78, 5) is 12.4. The molecule has 2 aromatic carbocycles. The van der Waals surface area contributed by atoms with E-state index in [-0.39, 0.29) is 23.8 Å². The van der Waals surface area contributed by atoms with E-state index in [0.29, 0.717) is 6.42 Å². The van der Waals surface area contributed by atoms with Gasteiger partial charge in [-0.2, -0.15) is 0 Å². The summed E-state index contributed by atoms with van der Waals surface area (Å²) in [5.41, 5.74) is 10.1. The third-order valence-corrected chi connectivity index (χ3v) is 4.13. The summed E-state index contributed by atoms with van der Waals surface area (Å²) >= 11 is 0. The molecule has 0 spiro atoms. The Morgan fingerprint density at radius 2 is 1.87 bits per heavy atom. The summed E-state index contributed by atoms with van der Waals surface area (Å²) in [5, 5.41) is 2.96. The van der Waals surface area contributed by atoms with Crippen molar-refractivity contribution in [3.63, 3.8) is 0 Å². The van der Waals surface area contributed by atoms with Crippen molar-refractivity contribution in [2.75, 3.05) is 5.32 Å². The number of amides is 1. The summed E-state index contributed by atoms with van der Waals surface area (Å²) < 4.78 is 13.0. The van der Waals surface area contributed by atoms with Gasteiger partial charge >= 0.3 is 0 Å². The van der Waals surface area contributed by atoms with Gasteiger partial charge < -0.3 is 5.32 Å². The van der Waals surface area contributed by atoms with Crippen molar-refractivity contribution < 1.29 is 9.18 Å². The lowest BCUT2D eigenvalue weighted by atomic mass is 10.0. The van der Waals surface area contributed by atoms with E-state index < -0.39 is 0 Å². The Balaban J connectivity index is 1.64. The molecule has 0 saturated carbocycles. The van der Waals surface area contributed by atoms with Gasteiger partial charge in [0, 0.05) is 11.7 Å². The summed E-state index contributed by atoms with van der Waals surface area (Å²) in [5.74, 6) is -0.335. The van der Waals surface area contributed by atoms with Gasteiger partial charge in [-0.15, -0.1) is 0 Å². The Kier molecular flexibility index (Phi) is 4.41. The van der Waals surface area contributed by atoms with Crippen LogP contribution in [0.3, 0.4) is 0 Å². The first-order valence-electron chi connectivity index (χ1n) is 7.67.